The molecule has 2 aromatic carbocycles. The van der Waals surface area contributed by atoms with Crippen LogP contribution in [-0.4, -0.2) is 9.38 Å². The van der Waals surface area contributed by atoms with Gasteiger partial charge in [-0.2, -0.15) is 0 Å². The van der Waals surface area contributed by atoms with Crippen LogP contribution in [-0.2, 0) is 0 Å². The zero-order valence-corrected chi connectivity index (χ0v) is 12.1. The van der Waals surface area contributed by atoms with Crippen molar-refractivity contribution in [2.45, 2.75) is 0 Å². The third-order valence-corrected chi connectivity index (χ3v) is 4.53. The highest BCUT2D eigenvalue weighted by atomic mass is 79.9. The Hall–Kier alpha value is -2.13. The van der Waals surface area contributed by atoms with Crippen LogP contribution in [0.15, 0.2) is 59.2 Å². The molecule has 0 N–H and O–H groups in total. The van der Waals surface area contributed by atoms with Crippen LogP contribution < -0.4 is 0 Å². The van der Waals surface area contributed by atoms with E-state index in [9.17, 15) is 0 Å². The summed E-state index contributed by atoms with van der Waals surface area (Å²) in [5.74, 6) is 0. The van der Waals surface area contributed by atoms with Gasteiger partial charge in [0.25, 0.3) is 0 Å². The second-order valence-corrected chi connectivity index (χ2v) is 5.99. The molecule has 5 aromatic rings. The normalized spacial score (nSPS) is 12.2. The zero-order chi connectivity index (χ0) is 13.3. The van der Waals surface area contributed by atoms with E-state index in [4.69, 9.17) is 0 Å². The summed E-state index contributed by atoms with van der Waals surface area (Å²) in [6, 6.07) is 17.1. The second-order valence-electron chi connectivity index (χ2n) is 5.07. The van der Waals surface area contributed by atoms with Crippen molar-refractivity contribution >= 4 is 54.2 Å². The van der Waals surface area contributed by atoms with E-state index < -0.39 is 0 Å². The maximum atomic E-state index is 4.60. The van der Waals surface area contributed by atoms with Crippen LogP contribution in [0, 0.1) is 0 Å². The highest BCUT2D eigenvalue weighted by Gasteiger charge is 2.17. The molecule has 0 fully saturated rings. The first kappa shape index (κ1) is 10.6. The number of para-hydroxylation sites is 1. The summed E-state index contributed by atoms with van der Waals surface area (Å²) in [4.78, 5) is 4.60. The quantitative estimate of drug-likeness (QED) is 0.392. The van der Waals surface area contributed by atoms with Gasteiger partial charge >= 0.3 is 0 Å². The highest BCUT2D eigenvalue weighted by Crippen LogP contribution is 2.38. The average Bonchev–Trinajstić information content (AvgIpc) is 2.98. The number of hydrogen-bond donors (Lipinski definition) is 0. The zero-order valence-electron chi connectivity index (χ0n) is 10.5. The molecule has 0 saturated carbocycles. The summed E-state index contributed by atoms with van der Waals surface area (Å²) in [6.07, 6.45) is 1.86. The summed E-state index contributed by atoms with van der Waals surface area (Å²) in [5.41, 5.74) is 3.51. The molecule has 2 nitrogen and oxygen atoms in total. The van der Waals surface area contributed by atoms with Gasteiger partial charge in [0.05, 0.1) is 11.0 Å². The highest BCUT2D eigenvalue weighted by molar-refractivity contribution is 9.10. The van der Waals surface area contributed by atoms with Crippen LogP contribution in [0.1, 0.15) is 0 Å². The summed E-state index contributed by atoms with van der Waals surface area (Å²) >= 11 is 3.58. The molecule has 0 aliphatic rings. The first-order chi connectivity index (χ1) is 9.84. The number of pyridine rings is 1. The Morgan fingerprint density at radius 1 is 0.850 bits per heavy atom. The van der Waals surface area contributed by atoms with Crippen molar-refractivity contribution in [3.8, 4) is 0 Å². The first-order valence-electron chi connectivity index (χ1n) is 6.53. The Morgan fingerprint density at radius 2 is 1.65 bits per heavy atom. The summed E-state index contributed by atoms with van der Waals surface area (Å²) in [6.45, 7) is 0. The van der Waals surface area contributed by atoms with E-state index in [1.807, 2.05) is 12.3 Å². The van der Waals surface area contributed by atoms with Crippen LogP contribution in [0.4, 0.5) is 0 Å². The average molecular weight is 321 g/mol. The van der Waals surface area contributed by atoms with E-state index in [-0.39, 0.29) is 0 Å². The topological polar surface area (TPSA) is 17.3 Å². The van der Waals surface area contributed by atoms with Crippen molar-refractivity contribution < 1.29 is 0 Å². The maximum absolute atomic E-state index is 4.60. The van der Waals surface area contributed by atoms with Crippen LogP contribution in [0.5, 0.6) is 0 Å². The van der Waals surface area contributed by atoms with E-state index in [1.165, 1.54) is 32.6 Å². The Labute approximate surface area is 123 Å². The van der Waals surface area contributed by atoms with E-state index in [0.717, 1.165) is 10.1 Å². The molecule has 0 unspecified atom stereocenters. The fourth-order valence-electron chi connectivity index (χ4n) is 3.26. The number of benzene rings is 2. The Kier molecular flexibility index (Phi) is 1.86. The third kappa shape index (κ3) is 1.12. The van der Waals surface area contributed by atoms with Crippen molar-refractivity contribution in [1.82, 2.24) is 9.38 Å². The third-order valence-electron chi connectivity index (χ3n) is 4.04. The molecule has 94 valence electrons. The molecule has 3 heteroatoms. The van der Waals surface area contributed by atoms with Crippen molar-refractivity contribution in [2.24, 2.45) is 0 Å². The molecule has 0 amide bonds. The smallest absolute Gasteiger partial charge is 0.145 e. The first-order valence-corrected chi connectivity index (χ1v) is 7.32. The van der Waals surface area contributed by atoms with Gasteiger partial charge in [-0.3, -0.25) is 4.40 Å². The van der Waals surface area contributed by atoms with Gasteiger partial charge in [-0.05, 0) is 24.3 Å². The summed E-state index contributed by atoms with van der Waals surface area (Å²) in [5, 5.41) is 5.07. The van der Waals surface area contributed by atoms with Gasteiger partial charge in [-0.25, -0.2) is 4.98 Å². The van der Waals surface area contributed by atoms with E-state index in [1.54, 1.807) is 0 Å². The van der Waals surface area contributed by atoms with E-state index in [0.29, 0.717) is 0 Å². The van der Waals surface area contributed by atoms with Gasteiger partial charge in [0, 0.05) is 32.2 Å². The molecule has 20 heavy (non-hydrogen) atoms. The predicted octanol–water partition coefficient (Wildman–Crippen LogP) is 4.99. The molecule has 0 aliphatic carbocycles. The van der Waals surface area contributed by atoms with Crippen LogP contribution >= 0.6 is 15.9 Å². The molecule has 0 saturated heterocycles. The van der Waals surface area contributed by atoms with Crippen LogP contribution in [0.3, 0.4) is 0 Å². The second kappa shape index (κ2) is 3.49. The minimum Gasteiger partial charge on any atom is -0.293 e. The van der Waals surface area contributed by atoms with Gasteiger partial charge < -0.3 is 0 Å². The molecule has 0 spiro atoms. The van der Waals surface area contributed by atoms with Gasteiger partial charge in [0.2, 0.25) is 0 Å². The Balaban J connectivity index is 2.28. The van der Waals surface area contributed by atoms with E-state index in [2.05, 4.69) is 67.8 Å². The minimum absolute atomic E-state index is 1.03. The molecule has 0 radical (unpaired) electrons. The van der Waals surface area contributed by atoms with Crippen LogP contribution in [0.2, 0.25) is 0 Å². The number of nitrogens with zero attached hydrogens (tertiary/aromatic N) is 2. The molecular formula is C17H9BrN2. The SMILES string of the molecule is Brc1ccc2c3cccc4c5cccnc5n(c2c1)c34. The summed E-state index contributed by atoms with van der Waals surface area (Å²) in [7, 11) is 0. The van der Waals surface area contributed by atoms with Crippen molar-refractivity contribution in [3.63, 3.8) is 0 Å². The molecule has 0 atom stereocenters. The van der Waals surface area contributed by atoms with Crippen molar-refractivity contribution in [2.75, 3.05) is 0 Å². The Morgan fingerprint density at radius 3 is 2.55 bits per heavy atom. The summed E-state index contributed by atoms with van der Waals surface area (Å²) < 4.78 is 3.37. The lowest BCUT2D eigenvalue weighted by molar-refractivity contribution is 1.27. The number of aromatic nitrogens is 2. The molecule has 0 bridgehead atoms. The number of hydrogen-bond acceptors (Lipinski definition) is 1. The number of rotatable bonds is 0. The standard InChI is InChI=1S/C17H9BrN2/c18-10-6-7-11-12-3-1-4-13-14-5-2-8-19-17(14)20(16(12)13)15(11)9-10/h1-9H. The fourth-order valence-corrected chi connectivity index (χ4v) is 3.61. The lowest BCUT2D eigenvalue weighted by Crippen LogP contribution is -1.83. The monoisotopic (exact) mass is 320 g/mol. The lowest BCUT2D eigenvalue weighted by atomic mass is 10.1. The van der Waals surface area contributed by atoms with Crippen molar-refractivity contribution in [1.29, 1.82) is 0 Å². The minimum atomic E-state index is 1.03. The van der Waals surface area contributed by atoms with E-state index >= 15 is 0 Å². The number of halogens is 1. The molecular weight excluding hydrogens is 312 g/mol. The number of fused-ring (bicyclic) bond motifs is 6. The Bertz CT molecular complexity index is 1110. The molecule has 5 rings (SSSR count). The van der Waals surface area contributed by atoms with Crippen LogP contribution in [0.25, 0.3) is 38.2 Å². The van der Waals surface area contributed by atoms with Gasteiger partial charge in [-0.1, -0.05) is 40.2 Å². The molecule has 3 aromatic heterocycles. The van der Waals surface area contributed by atoms with Gasteiger partial charge in [0.15, 0.2) is 0 Å². The predicted molar refractivity (Wildman–Crippen MR) is 86.6 cm³/mol. The largest absolute Gasteiger partial charge is 0.293 e. The molecule has 0 aliphatic heterocycles. The molecule has 3 heterocycles. The fraction of sp³-hybridized carbons (Fsp3) is 0. The van der Waals surface area contributed by atoms with Crippen molar-refractivity contribution in [3.05, 3.63) is 59.2 Å². The lowest BCUT2D eigenvalue weighted by Gasteiger charge is -1.97. The van der Waals surface area contributed by atoms with Gasteiger partial charge in [-0.15, -0.1) is 0 Å². The van der Waals surface area contributed by atoms with Gasteiger partial charge in [0.1, 0.15) is 5.65 Å². The maximum Gasteiger partial charge on any atom is 0.145 e.